The molecule has 1 aliphatic carbocycles. The van der Waals surface area contributed by atoms with Crippen LogP contribution in [0.2, 0.25) is 0 Å². The van der Waals surface area contributed by atoms with Gasteiger partial charge in [0.05, 0.1) is 11.6 Å². The summed E-state index contributed by atoms with van der Waals surface area (Å²) in [7, 11) is 0. The third-order valence-electron chi connectivity index (χ3n) is 4.70. The van der Waals surface area contributed by atoms with Crippen molar-refractivity contribution >= 4 is 11.6 Å². The zero-order valence-corrected chi connectivity index (χ0v) is 15.0. The lowest BCUT2D eigenvalue weighted by Crippen LogP contribution is -2.26. The molecule has 25 heavy (non-hydrogen) atoms. The van der Waals surface area contributed by atoms with Crippen molar-refractivity contribution in [1.29, 1.82) is 0 Å². The summed E-state index contributed by atoms with van der Waals surface area (Å²) in [5.41, 5.74) is 6.84. The molecule has 0 heterocycles. The Morgan fingerprint density at radius 1 is 1.00 bits per heavy atom. The van der Waals surface area contributed by atoms with Crippen molar-refractivity contribution in [3.05, 3.63) is 83.4 Å². The first-order valence-electron chi connectivity index (χ1n) is 8.64. The first-order chi connectivity index (χ1) is 12.0. The third kappa shape index (κ3) is 3.55. The molecule has 0 aromatic heterocycles. The SMILES string of the molecule is CC(C)=C/C(C)=N\NC(=O)[C@H]1CC1(c1ccccc1)c1ccccc1. The number of rotatable bonds is 5. The Morgan fingerprint density at radius 3 is 2.00 bits per heavy atom. The van der Waals surface area contributed by atoms with Crippen molar-refractivity contribution in [1.82, 2.24) is 5.43 Å². The highest BCUT2D eigenvalue weighted by molar-refractivity contribution is 5.94. The predicted molar refractivity (Wildman–Crippen MR) is 102 cm³/mol. The minimum absolute atomic E-state index is 0.0192. The van der Waals surface area contributed by atoms with Gasteiger partial charge in [-0.15, -0.1) is 0 Å². The average Bonchev–Trinajstić information content (AvgIpc) is 3.38. The second kappa shape index (κ2) is 7.06. The summed E-state index contributed by atoms with van der Waals surface area (Å²) in [5, 5.41) is 4.22. The second-order valence-corrected chi connectivity index (χ2v) is 6.91. The summed E-state index contributed by atoms with van der Waals surface area (Å²) in [5.74, 6) is -0.116. The largest absolute Gasteiger partial charge is 0.273 e. The molecule has 1 atom stereocenters. The standard InChI is InChI=1S/C22H24N2O/c1-16(2)14-17(3)23-24-21(25)20-15-22(20,18-10-6-4-7-11-18)19-12-8-5-9-13-19/h4-14,20H,15H2,1-3H3,(H,24,25)/b23-17-/t20-/m1/s1. The van der Waals surface area contributed by atoms with Crippen LogP contribution in [-0.4, -0.2) is 11.6 Å². The number of hydrogen-bond acceptors (Lipinski definition) is 2. The number of carbonyl (C=O) groups is 1. The Kier molecular flexibility index (Phi) is 4.84. The Labute approximate surface area is 149 Å². The highest BCUT2D eigenvalue weighted by Crippen LogP contribution is 2.58. The van der Waals surface area contributed by atoms with E-state index in [2.05, 4.69) is 34.8 Å². The van der Waals surface area contributed by atoms with E-state index in [9.17, 15) is 4.79 Å². The predicted octanol–water partition coefficient (Wildman–Crippen LogP) is 4.45. The van der Waals surface area contributed by atoms with E-state index < -0.39 is 0 Å². The van der Waals surface area contributed by atoms with Gasteiger partial charge >= 0.3 is 0 Å². The Balaban J connectivity index is 1.86. The fourth-order valence-corrected chi connectivity index (χ4v) is 3.53. The van der Waals surface area contributed by atoms with E-state index in [4.69, 9.17) is 0 Å². The van der Waals surface area contributed by atoms with Gasteiger partial charge in [0.2, 0.25) is 5.91 Å². The molecule has 3 heteroatoms. The molecule has 1 N–H and O–H groups in total. The van der Waals surface area contributed by atoms with Crippen LogP contribution in [0.3, 0.4) is 0 Å². The van der Waals surface area contributed by atoms with Gasteiger partial charge in [0.1, 0.15) is 0 Å². The van der Waals surface area contributed by atoms with Crippen molar-refractivity contribution in [2.24, 2.45) is 11.0 Å². The molecule has 0 radical (unpaired) electrons. The lowest BCUT2D eigenvalue weighted by Gasteiger charge is -2.18. The number of carbonyl (C=O) groups excluding carboxylic acids is 1. The molecule has 1 saturated carbocycles. The fraction of sp³-hybridized carbons (Fsp3) is 0.273. The molecular weight excluding hydrogens is 308 g/mol. The molecule has 1 aliphatic rings. The smallest absolute Gasteiger partial charge is 0.244 e. The molecule has 0 aliphatic heterocycles. The summed E-state index contributed by atoms with van der Waals surface area (Å²) >= 11 is 0. The number of allylic oxidation sites excluding steroid dienone is 2. The van der Waals surface area contributed by atoms with Crippen LogP contribution in [0.1, 0.15) is 38.3 Å². The molecule has 2 aromatic rings. The minimum atomic E-state index is -0.244. The minimum Gasteiger partial charge on any atom is -0.273 e. The molecule has 0 spiro atoms. The van der Waals surface area contributed by atoms with Crippen molar-refractivity contribution in [2.45, 2.75) is 32.6 Å². The number of benzene rings is 2. The highest BCUT2D eigenvalue weighted by atomic mass is 16.2. The van der Waals surface area contributed by atoms with E-state index in [0.29, 0.717) is 0 Å². The topological polar surface area (TPSA) is 41.5 Å². The molecule has 0 bridgehead atoms. The van der Waals surface area contributed by atoms with Crippen molar-refractivity contribution < 1.29 is 4.79 Å². The molecule has 0 saturated heterocycles. The van der Waals surface area contributed by atoms with E-state index >= 15 is 0 Å². The Morgan fingerprint density at radius 2 is 1.52 bits per heavy atom. The third-order valence-corrected chi connectivity index (χ3v) is 4.70. The van der Waals surface area contributed by atoms with Crippen LogP contribution >= 0.6 is 0 Å². The molecular formula is C22H24N2O. The van der Waals surface area contributed by atoms with Gasteiger partial charge in [-0.1, -0.05) is 66.2 Å². The van der Waals surface area contributed by atoms with Crippen LogP contribution in [-0.2, 0) is 10.2 Å². The van der Waals surface area contributed by atoms with Gasteiger partial charge < -0.3 is 0 Å². The monoisotopic (exact) mass is 332 g/mol. The Hall–Kier alpha value is -2.68. The van der Waals surface area contributed by atoms with Gasteiger partial charge in [-0.3, -0.25) is 4.79 Å². The lowest BCUT2D eigenvalue weighted by molar-refractivity contribution is -0.122. The number of nitrogens with zero attached hydrogens (tertiary/aromatic N) is 1. The average molecular weight is 332 g/mol. The summed E-state index contributed by atoms with van der Waals surface area (Å²) in [4.78, 5) is 12.7. The van der Waals surface area contributed by atoms with Crippen LogP contribution in [0.5, 0.6) is 0 Å². The summed E-state index contributed by atoms with van der Waals surface area (Å²) in [6.07, 6.45) is 2.76. The van der Waals surface area contributed by atoms with Gasteiger partial charge in [0, 0.05) is 5.41 Å². The maximum Gasteiger partial charge on any atom is 0.244 e. The first kappa shape index (κ1) is 17.2. The normalized spacial score (nSPS) is 18.4. The Bertz CT molecular complexity index is 763. The van der Waals surface area contributed by atoms with Crippen molar-refractivity contribution in [3.8, 4) is 0 Å². The van der Waals surface area contributed by atoms with E-state index in [1.807, 2.05) is 63.2 Å². The molecule has 3 nitrogen and oxygen atoms in total. The van der Waals surface area contributed by atoms with Crippen LogP contribution < -0.4 is 5.43 Å². The maximum absolute atomic E-state index is 12.7. The number of hydrazone groups is 1. The van der Waals surface area contributed by atoms with E-state index in [1.54, 1.807) is 0 Å². The molecule has 128 valence electrons. The summed E-state index contributed by atoms with van der Waals surface area (Å²) in [6.45, 7) is 5.91. The van der Waals surface area contributed by atoms with Crippen LogP contribution in [0, 0.1) is 5.92 Å². The maximum atomic E-state index is 12.7. The summed E-state index contributed by atoms with van der Waals surface area (Å²) < 4.78 is 0. The zero-order chi connectivity index (χ0) is 17.9. The van der Waals surface area contributed by atoms with Gasteiger partial charge in [-0.25, -0.2) is 5.43 Å². The molecule has 2 aromatic carbocycles. The van der Waals surface area contributed by atoms with E-state index in [-0.39, 0.29) is 17.2 Å². The van der Waals surface area contributed by atoms with Gasteiger partial charge in [-0.05, 0) is 44.4 Å². The number of amides is 1. The van der Waals surface area contributed by atoms with Crippen LogP contribution in [0.25, 0.3) is 0 Å². The molecule has 3 rings (SSSR count). The number of hydrogen-bond donors (Lipinski definition) is 1. The quantitative estimate of drug-likeness (QED) is 0.638. The second-order valence-electron chi connectivity index (χ2n) is 6.91. The van der Waals surface area contributed by atoms with Crippen molar-refractivity contribution in [3.63, 3.8) is 0 Å². The van der Waals surface area contributed by atoms with Gasteiger partial charge in [0.25, 0.3) is 0 Å². The highest BCUT2D eigenvalue weighted by Gasteiger charge is 2.60. The fourth-order valence-electron chi connectivity index (χ4n) is 3.53. The van der Waals surface area contributed by atoms with E-state index in [1.165, 1.54) is 11.1 Å². The van der Waals surface area contributed by atoms with Gasteiger partial charge in [0.15, 0.2) is 0 Å². The van der Waals surface area contributed by atoms with Crippen LogP contribution in [0.15, 0.2) is 77.4 Å². The summed E-state index contributed by atoms with van der Waals surface area (Å²) in [6, 6.07) is 20.6. The molecule has 0 unspecified atom stereocenters. The van der Waals surface area contributed by atoms with E-state index in [0.717, 1.165) is 17.7 Å². The van der Waals surface area contributed by atoms with Crippen LogP contribution in [0.4, 0.5) is 0 Å². The van der Waals surface area contributed by atoms with Crippen molar-refractivity contribution in [2.75, 3.05) is 0 Å². The zero-order valence-electron chi connectivity index (χ0n) is 15.0. The first-order valence-corrected chi connectivity index (χ1v) is 8.64. The number of nitrogens with one attached hydrogen (secondary N) is 1. The molecule has 1 amide bonds. The molecule has 1 fully saturated rings. The lowest BCUT2D eigenvalue weighted by atomic mass is 9.85. The van der Waals surface area contributed by atoms with Gasteiger partial charge in [-0.2, -0.15) is 5.10 Å².